The van der Waals surface area contributed by atoms with Gasteiger partial charge in [0.1, 0.15) is 0 Å². The van der Waals surface area contributed by atoms with Crippen molar-refractivity contribution in [3.05, 3.63) is 29.8 Å². The largest absolute Gasteiger partial charge is 0.399 e. The van der Waals surface area contributed by atoms with Crippen LogP contribution < -0.4 is 5.73 Å². The number of nitrogen functional groups attached to an aromatic ring is 1. The molecule has 0 saturated carbocycles. The number of nitrogens with zero attached hydrogens (tertiary/aromatic N) is 2. The maximum Gasteiger partial charge on any atom is 0.257 e. The summed E-state index contributed by atoms with van der Waals surface area (Å²) in [6.07, 6.45) is 0.886. The highest BCUT2D eigenvalue weighted by molar-refractivity contribution is 5.81. The number of benzene rings is 1. The fourth-order valence-corrected chi connectivity index (χ4v) is 3.44. The number of alkyl halides is 1. The van der Waals surface area contributed by atoms with Crippen molar-refractivity contribution in [2.24, 2.45) is 0 Å². The molecule has 0 radical (unpaired) electrons. The molecule has 2 N–H and O–H groups in total. The molecule has 1 aromatic carbocycles. The first-order chi connectivity index (χ1) is 10.0. The molecule has 2 aliphatic heterocycles. The van der Waals surface area contributed by atoms with Gasteiger partial charge in [-0.05, 0) is 37.6 Å². The lowest BCUT2D eigenvalue weighted by molar-refractivity contribution is -0.139. The Balaban J connectivity index is 1.61. The molecule has 2 saturated heterocycles. The van der Waals surface area contributed by atoms with Gasteiger partial charge in [0.15, 0.2) is 6.17 Å². The number of anilines is 1. The number of likely N-dealkylation sites (tertiary alicyclic amines) is 1. The van der Waals surface area contributed by atoms with Crippen LogP contribution in [-0.2, 0) is 11.2 Å². The van der Waals surface area contributed by atoms with Gasteiger partial charge in [0.05, 0.1) is 0 Å². The molecule has 3 atom stereocenters. The normalized spacial score (nSPS) is 26.9. The summed E-state index contributed by atoms with van der Waals surface area (Å²) in [6, 6.07) is 7.84. The minimum Gasteiger partial charge on any atom is -0.399 e. The van der Waals surface area contributed by atoms with Gasteiger partial charge >= 0.3 is 0 Å². The number of piperazine rings is 1. The Kier molecular flexibility index (Phi) is 3.85. The van der Waals surface area contributed by atoms with E-state index in [1.165, 1.54) is 0 Å². The summed E-state index contributed by atoms with van der Waals surface area (Å²) < 4.78 is 14.3. The van der Waals surface area contributed by atoms with E-state index in [1.807, 2.05) is 0 Å². The van der Waals surface area contributed by atoms with Crippen molar-refractivity contribution >= 4 is 11.6 Å². The van der Waals surface area contributed by atoms with Crippen molar-refractivity contribution in [2.45, 2.75) is 37.5 Å². The van der Waals surface area contributed by atoms with Crippen LogP contribution in [0.1, 0.15) is 18.4 Å². The van der Waals surface area contributed by atoms with E-state index in [1.54, 1.807) is 29.2 Å². The summed E-state index contributed by atoms with van der Waals surface area (Å²) in [4.78, 5) is 16.3. The molecular formula is C16H22FN3O. The molecule has 2 bridgehead atoms. The maximum absolute atomic E-state index is 14.3. The zero-order valence-corrected chi connectivity index (χ0v) is 12.3. The van der Waals surface area contributed by atoms with Crippen molar-refractivity contribution in [1.29, 1.82) is 0 Å². The molecule has 2 fully saturated rings. The third kappa shape index (κ3) is 2.88. The molecular weight excluding hydrogens is 269 g/mol. The summed E-state index contributed by atoms with van der Waals surface area (Å²) >= 11 is 0. The Morgan fingerprint density at radius 2 is 1.86 bits per heavy atom. The van der Waals surface area contributed by atoms with Gasteiger partial charge in [-0.3, -0.25) is 9.69 Å². The second-order valence-electron chi connectivity index (χ2n) is 6.21. The predicted molar refractivity (Wildman–Crippen MR) is 80.6 cm³/mol. The molecule has 1 amide bonds. The summed E-state index contributed by atoms with van der Waals surface area (Å²) in [7, 11) is 2.10. The standard InChI is InChI=1S/C16H22FN3O/c1-19-13-6-7-14(19)10-20(9-13)16(21)15(17)8-11-2-4-12(18)5-3-11/h2-5,13-15H,6-10,18H2,1H3. The van der Waals surface area contributed by atoms with Crippen molar-refractivity contribution in [2.75, 3.05) is 25.9 Å². The van der Waals surface area contributed by atoms with Crippen LogP contribution in [-0.4, -0.2) is 54.1 Å². The molecule has 0 spiro atoms. The molecule has 4 nitrogen and oxygen atoms in total. The average Bonchev–Trinajstić information content (AvgIpc) is 2.70. The number of fused-ring (bicyclic) bond motifs is 2. The monoisotopic (exact) mass is 291 g/mol. The first-order valence-electron chi connectivity index (χ1n) is 7.54. The fraction of sp³-hybridized carbons (Fsp3) is 0.562. The SMILES string of the molecule is CN1C2CCC1CN(C(=O)C(F)Cc1ccc(N)cc1)C2. The first kappa shape index (κ1) is 14.3. The van der Waals surface area contributed by atoms with Crippen LogP contribution in [0.15, 0.2) is 24.3 Å². The highest BCUT2D eigenvalue weighted by atomic mass is 19.1. The van der Waals surface area contributed by atoms with Crippen LogP contribution in [0.4, 0.5) is 10.1 Å². The summed E-state index contributed by atoms with van der Waals surface area (Å²) in [5.74, 6) is -0.364. The summed E-state index contributed by atoms with van der Waals surface area (Å²) in [5.41, 5.74) is 7.07. The van der Waals surface area contributed by atoms with E-state index in [2.05, 4.69) is 11.9 Å². The highest BCUT2D eigenvalue weighted by Crippen LogP contribution is 2.29. The number of nitrogens with two attached hydrogens (primary N) is 1. The zero-order valence-electron chi connectivity index (χ0n) is 12.3. The minimum atomic E-state index is -1.46. The number of likely N-dealkylation sites (N-methyl/N-ethyl adjacent to an activating group) is 1. The van der Waals surface area contributed by atoms with Gasteiger partial charge in [-0.15, -0.1) is 0 Å². The van der Waals surface area contributed by atoms with Gasteiger partial charge in [0.25, 0.3) is 5.91 Å². The van der Waals surface area contributed by atoms with E-state index in [0.717, 1.165) is 18.4 Å². The smallest absolute Gasteiger partial charge is 0.257 e. The topological polar surface area (TPSA) is 49.6 Å². The van der Waals surface area contributed by atoms with Crippen LogP contribution in [0.3, 0.4) is 0 Å². The summed E-state index contributed by atoms with van der Waals surface area (Å²) in [6.45, 7) is 1.32. The molecule has 3 unspecified atom stereocenters. The number of rotatable bonds is 3. The van der Waals surface area contributed by atoms with Crippen molar-refractivity contribution in [3.63, 3.8) is 0 Å². The molecule has 1 aromatic rings. The molecule has 5 heteroatoms. The molecule has 2 aliphatic rings. The van der Waals surface area contributed by atoms with E-state index in [9.17, 15) is 9.18 Å². The Labute approximate surface area is 124 Å². The Hall–Kier alpha value is -1.62. The number of carbonyl (C=O) groups is 1. The average molecular weight is 291 g/mol. The number of halogens is 1. The predicted octanol–water partition coefficient (Wildman–Crippen LogP) is 1.45. The first-order valence-corrected chi connectivity index (χ1v) is 7.54. The van der Waals surface area contributed by atoms with Crippen LogP contribution in [0.5, 0.6) is 0 Å². The molecule has 114 valence electrons. The van der Waals surface area contributed by atoms with Gasteiger partial charge in [0, 0.05) is 37.3 Å². The minimum absolute atomic E-state index is 0.126. The van der Waals surface area contributed by atoms with Crippen molar-refractivity contribution in [1.82, 2.24) is 9.80 Å². The highest BCUT2D eigenvalue weighted by Gasteiger charge is 2.40. The molecule has 2 heterocycles. The van der Waals surface area contributed by atoms with Gasteiger partial charge in [-0.2, -0.15) is 0 Å². The third-order valence-electron chi connectivity index (χ3n) is 4.82. The van der Waals surface area contributed by atoms with E-state index in [0.29, 0.717) is 30.9 Å². The van der Waals surface area contributed by atoms with E-state index < -0.39 is 6.17 Å². The molecule has 21 heavy (non-hydrogen) atoms. The van der Waals surface area contributed by atoms with Gasteiger partial charge in [0.2, 0.25) is 0 Å². The van der Waals surface area contributed by atoms with E-state index in [-0.39, 0.29) is 12.3 Å². The Morgan fingerprint density at radius 1 is 1.29 bits per heavy atom. The van der Waals surface area contributed by atoms with E-state index in [4.69, 9.17) is 5.73 Å². The lowest BCUT2D eigenvalue weighted by Crippen LogP contribution is -2.55. The Morgan fingerprint density at radius 3 is 2.43 bits per heavy atom. The van der Waals surface area contributed by atoms with Gasteiger partial charge < -0.3 is 10.6 Å². The molecule has 3 rings (SSSR count). The third-order valence-corrected chi connectivity index (χ3v) is 4.82. The summed E-state index contributed by atoms with van der Waals surface area (Å²) in [5, 5.41) is 0. The van der Waals surface area contributed by atoms with Gasteiger partial charge in [-0.1, -0.05) is 12.1 Å². The maximum atomic E-state index is 14.3. The lowest BCUT2D eigenvalue weighted by atomic mass is 10.1. The van der Waals surface area contributed by atoms with Gasteiger partial charge in [-0.25, -0.2) is 4.39 Å². The Bertz CT molecular complexity index is 505. The van der Waals surface area contributed by atoms with Crippen molar-refractivity contribution < 1.29 is 9.18 Å². The molecule has 0 aliphatic carbocycles. The number of hydrogen-bond acceptors (Lipinski definition) is 3. The van der Waals surface area contributed by atoms with Crippen molar-refractivity contribution in [3.8, 4) is 0 Å². The molecule has 0 aromatic heterocycles. The van der Waals surface area contributed by atoms with Crippen LogP contribution in [0, 0.1) is 0 Å². The number of carbonyl (C=O) groups excluding carboxylic acids is 1. The van der Waals surface area contributed by atoms with Crippen LogP contribution in [0.25, 0.3) is 0 Å². The van der Waals surface area contributed by atoms with E-state index >= 15 is 0 Å². The second-order valence-corrected chi connectivity index (χ2v) is 6.21. The van der Waals surface area contributed by atoms with Crippen LogP contribution in [0.2, 0.25) is 0 Å². The lowest BCUT2D eigenvalue weighted by Gasteiger charge is -2.39. The second kappa shape index (κ2) is 5.64. The zero-order chi connectivity index (χ0) is 15.0. The van der Waals surface area contributed by atoms with Crippen LogP contribution >= 0.6 is 0 Å². The number of amides is 1. The fourth-order valence-electron chi connectivity index (χ4n) is 3.44. The number of hydrogen-bond donors (Lipinski definition) is 1. The quantitative estimate of drug-likeness (QED) is 0.858.